The summed E-state index contributed by atoms with van der Waals surface area (Å²) in [5, 5.41) is 0. The van der Waals surface area contributed by atoms with Gasteiger partial charge >= 0.3 is 18.6 Å². The third-order valence-electron chi connectivity index (χ3n) is 5.04. The van der Waals surface area contributed by atoms with Crippen molar-refractivity contribution in [1.29, 1.82) is 0 Å². The highest BCUT2D eigenvalue weighted by atomic mass is 19.4. The lowest BCUT2D eigenvalue weighted by Gasteiger charge is -2.29. The molecule has 1 fully saturated rings. The Morgan fingerprint density at radius 3 is 1.92 bits per heavy atom. The van der Waals surface area contributed by atoms with Crippen LogP contribution in [0.4, 0.5) is 43.9 Å². The molecule has 0 N–H and O–H groups in total. The van der Waals surface area contributed by atoms with E-state index in [1.165, 1.54) is 0 Å². The van der Waals surface area contributed by atoms with Crippen molar-refractivity contribution >= 4 is 0 Å². The van der Waals surface area contributed by atoms with E-state index in [2.05, 4.69) is 9.47 Å². The Bertz CT molecular complexity index is 1040. The summed E-state index contributed by atoms with van der Waals surface area (Å²) < 4.78 is 152. The summed E-state index contributed by atoms with van der Waals surface area (Å²) >= 11 is 0. The van der Waals surface area contributed by atoms with Crippen LogP contribution in [-0.2, 0) is 26.4 Å². The second kappa shape index (κ2) is 10.4. The molecule has 0 aromatic heterocycles. The summed E-state index contributed by atoms with van der Waals surface area (Å²) in [5.74, 6) is -7.55. The third kappa shape index (κ3) is 6.59. The van der Waals surface area contributed by atoms with E-state index in [1.54, 1.807) is 0 Å². The zero-order valence-electron chi connectivity index (χ0n) is 18.3. The van der Waals surface area contributed by atoms with Gasteiger partial charge in [-0.05, 0) is 18.6 Å². The first-order valence-corrected chi connectivity index (χ1v) is 10.4. The fraction of sp³-hybridized carbons (Fsp3) is 0.455. The summed E-state index contributed by atoms with van der Waals surface area (Å²) in [7, 11) is 0. The number of rotatable bonds is 8. The normalized spacial score (nSPS) is 19.4. The van der Waals surface area contributed by atoms with Gasteiger partial charge < -0.3 is 14.2 Å². The van der Waals surface area contributed by atoms with Crippen molar-refractivity contribution in [2.45, 2.75) is 44.6 Å². The number of ether oxygens (including phenoxy) is 4. The molecule has 200 valence electrons. The van der Waals surface area contributed by atoms with Crippen molar-refractivity contribution in [3.63, 3.8) is 0 Å². The van der Waals surface area contributed by atoms with Crippen LogP contribution in [-0.4, -0.2) is 19.6 Å². The minimum Gasteiger partial charge on any atom is -0.429 e. The summed E-state index contributed by atoms with van der Waals surface area (Å²) in [6, 6.07) is 1.88. The van der Waals surface area contributed by atoms with Crippen LogP contribution in [0.5, 0.6) is 5.75 Å². The summed E-state index contributed by atoms with van der Waals surface area (Å²) in [5.41, 5.74) is -3.81. The third-order valence-corrected chi connectivity index (χ3v) is 5.04. The fourth-order valence-electron chi connectivity index (χ4n) is 3.51. The van der Waals surface area contributed by atoms with Gasteiger partial charge in [-0.25, -0.2) is 17.9 Å². The molecule has 36 heavy (non-hydrogen) atoms. The van der Waals surface area contributed by atoms with Gasteiger partial charge in [-0.1, -0.05) is 19.4 Å². The van der Waals surface area contributed by atoms with Crippen molar-refractivity contribution in [3.8, 4) is 5.75 Å². The molecule has 2 aromatic carbocycles. The van der Waals surface area contributed by atoms with Gasteiger partial charge in [-0.3, -0.25) is 0 Å². The van der Waals surface area contributed by atoms with Gasteiger partial charge in [0.2, 0.25) is 0 Å². The molecule has 14 heteroatoms. The molecule has 1 saturated heterocycles. The van der Waals surface area contributed by atoms with Crippen LogP contribution in [0.2, 0.25) is 0 Å². The van der Waals surface area contributed by atoms with Gasteiger partial charge in [-0.15, -0.1) is 13.2 Å². The van der Waals surface area contributed by atoms with E-state index in [4.69, 9.17) is 9.47 Å². The average Bonchev–Trinajstić information content (AvgIpc) is 2.71. The van der Waals surface area contributed by atoms with Gasteiger partial charge in [-0.2, -0.15) is 17.6 Å². The van der Waals surface area contributed by atoms with Crippen molar-refractivity contribution in [2.24, 2.45) is 5.92 Å². The molecule has 0 radical (unpaired) electrons. The molecule has 3 rings (SSSR count). The average molecular weight is 536 g/mol. The van der Waals surface area contributed by atoms with E-state index >= 15 is 0 Å². The second-order valence-corrected chi connectivity index (χ2v) is 7.84. The lowest BCUT2D eigenvalue weighted by molar-refractivity contribution is -0.432. The number of hydrogen-bond acceptors (Lipinski definition) is 4. The fourth-order valence-corrected chi connectivity index (χ4v) is 3.51. The maximum atomic E-state index is 14.5. The maximum absolute atomic E-state index is 14.5. The first kappa shape index (κ1) is 28.0. The Labute approximate surface area is 197 Å². The predicted octanol–water partition coefficient (Wildman–Crippen LogP) is 7.28. The smallest absolute Gasteiger partial charge is 0.429 e. The minimum atomic E-state index is -5.97. The Kier molecular flexibility index (Phi) is 8.10. The first-order chi connectivity index (χ1) is 16.6. The number of hydrogen-bond donors (Lipinski definition) is 0. The highest BCUT2D eigenvalue weighted by Crippen LogP contribution is 2.41. The topological polar surface area (TPSA) is 36.9 Å². The summed E-state index contributed by atoms with van der Waals surface area (Å²) in [6.07, 6.45) is -15.4. The molecular weight excluding hydrogens is 518 g/mol. The highest BCUT2D eigenvalue weighted by molar-refractivity contribution is 5.34. The summed E-state index contributed by atoms with van der Waals surface area (Å²) in [4.78, 5) is 0. The second-order valence-electron chi connectivity index (χ2n) is 7.84. The Morgan fingerprint density at radius 2 is 1.42 bits per heavy atom. The maximum Gasteiger partial charge on any atom is 0.527 e. The molecule has 0 bridgehead atoms. The monoisotopic (exact) mass is 536 g/mol. The van der Waals surface area contributed by atoms with E-state index in [9.17, 15) is 43.9 Å². The predicted molar refractivity (Wildman–Crippen MR) is 101 cm³/mol. The molecule has 0 amide bonds. The first-order valence-electron chi connectivity index (χ1n) is 10.4. The van der Waals surface area contributed by atoms with E-state index < -0.39 is 59.2 Å². The van der Waals surface area contributed by atoms with Crippen LogP contribution in [0.1, 0.15) is 42.7 Å². The van der Waals surface area contributed by atoms with Crippen molar-refractivity contribution in [2.75, 3.05) is 13.2 Å². The molecule has 2 aromatic rings. The SMILES string of the molecule is CCCC1COC(c2ccc(C(F)(F)Oc3cc(F)c(C(F)(F)OC(F)(F)F)c(F)c3)c(F)c2)OC1. The lowest BCUT2D eigenvalue weighted by Crippen LogP contribution is -2.30. The largest absolute Gasteiger partial charge is 0.527 e. The van der Waals surface area contributed by atoms with Crippen LogP contribution in [0, 0.1) is 23.4 Å². The van der Waals surface area contributed by atoms with Crippen molar-refractivity contribution in [1.82, 2.24) is 0 Å². The molecule has 0 spiro atoms. The van der Waals surface area contributed by atoms with E-state index in [0.29, 0.717) is 25.3 Å². The van der Waals surface area contributed by atoms with Gasteiger partial charge in [0, 0.05) is 23.6 Å². The Morgan fingerprint density at radius 1 is 0.833 bits per heavy atom. The van der Waals surface area contributed by atoms with Gasteiger partial charge in [0.1, 0.15) is 28.8 Å². The molecule has 1 heterocycles. The molecule has 0 unspecified atom stereocenters. The Hall–Kier alpha value is -2.58. The van der Waals surface area contributed by atoms with Crippen molar-refractivity contribution in [3.05, 3.63) is 64.5 Å². The van der Waals surface area contributed by atoms with Crippen LogP contribution in [0.3, 0.4) is 0 Å². The minimum absolute atomic E-state index is 0.0651. The van der Waals surface area contributed by atoms with E-state index in [0.717, 1.165) is 18.9 Å². The van der Waals surface area contributed by atoms with Crippen LogP contribution in [0.25, 0.3) is 0 Å². The lowest BCUT2D eigenvalue weighted by atomic mass is 10.0. The van der Waals surface area contributed by atoms with Crippen LogP contribution in [0.15, 0.2) is 30.3 Å². The zero-order valence-corrected chi connectivity index (χ0v) is 18.3. The number of alkyl halides is 7. The van der Waals surface area contributed by atoms with Gasteiger partial charge in [0.15, 0.2) is 6.29 Å². The van der Waals surface area contributed by atoms with Crippen LogP contribution >= 0.6 is 0 Å². The molecule has 4 nitrogen and oxygen atoms in total. The van der Waals surface area contributed by atoms with Gasteiger partial charge in [0.25, 0.3) is 0 Å². The van der Waals surface area contributed by atoms with Crippen molar-refractivity contribution < 1.29 is 62.9 Å². The van der Waals surface area contributed by atoms with E-state index in [1.807, 2.05) is 6.92 Å². The molecule has 0 saturated carbocycles. The zero-order chi connectivity index (χ0) is 26.9. The summed E-state index contributed by atoms with van der Waals surface area (Å²) in [6.45, 7) is 2.58. The number of benzene rings is 2. The van der Waals surface area contributed by atoms with E-state index in [-0.39, 0.29) is 23.6 Å². The highest BCUT2D eigenvalue weighted by Gasteiger charge is 2.50. The Balaban J connectivity index is 1.79. The molecule has 1 aliphatic heterocycles. The van der Waals surface area contributed by atoms with Gasteiger partial charge in [0.05, 0.1) is 18.8 Å². The quantitative estimate of drug-likeness (QED) is 0.333. The number of halogens is 10. The molecular formula is C22H18F10O4. The van der Waals surface area contributed by atoms with Crippen LogP contribution < -0.4 is 4.74 Å². The standard InChI is InChI=1S/C22H18F10O4/c1-2-3-11-9-33-19(34-10-11)12-4-5-14(15(23)6-12)20(26,27)35-13-7-16(24)18(17(25)8-13)21(28,29)36-22(30,31)32/h4-8,11,19H,2-3,9-10H2,1H3. The molecule has 0 atom stereocenters. The molecule has 0 aliphatic carbocycles. The molecule has 1 aliphatic rings.